The molecule has 1 atom stereocenters. The van der Waals surface area contributed by atoms with Gasteiger partial charge in [-0.15, -0.1) is 0 Å². The van der Waals surface area contributed by atoms with Crippen LogP contribution in [0.1, 0.15) is 34.7 Å². The molecule has 0 saturated carbocycles. The lowest BCUT2D eigenvalue weighted by Crippen LogP contribution is -2.39. The number of carboxylic acids is 1. The number of H-pyrrole nitrogens is 1. The first-order valence-electron chi connectivity index (χ1n) is 6.25. The minimum Gasteiger partial charge on any atom is -0.478 e. The second-order valence-electron chi connectivity index (χ2n) is 4.78. The van der Waals surface area contributed by atoms with Crippen molar-refractivity contribution in [2.24, 2.45) is 0 Å². The van der Waals surface area contributed by atoms with Crippen molar-refractivity contribution in [1.82, 2.24) is 10.3 Å². The van der Waals surface area contributed by atoms with Gasteiger partial charge in [-0.1, -0.05) is 12.1 Å². The van der Waals surface area contributed by atoms with E-state index < -0.39 is 11.9 Å². The van der Waals surface area contributed by atoms with Crippen molar-refractivity contribution in [3.63, 3.8) is 0 Å². The summed E-state index contributed by atoms with van der Waals surface area (Å²) < 4.78 is 0. The van der Waals surface area contributed by atoms with Crippen LogP contribution in [-0.2, 0) is 9.59 Å². The van der Waals surface area contributed by atoms with Crippen LogP contribution in [0.15, 0.2) is 24.4 Å². The van der Waals surface area contributed by atoms with Crippen molar-refractivity contribution in [3.8, 4) is 0 Å². The van der Waals surface area contributed by atoms with Gasteiger partial charge in [-0.3, -0.25) is 14.9 Å². The van der Waals surface area contributed by atoms with Crippen LogP contribution in [0.2, 0.25) is 0 Å². The summed E-state index contributed by atoms with van der Waals surface area (Å²) in [4.78, 5) is 37.2. The fourth-order valence-electron chi connectivity index (χ4n) is 2.63. The summed E-state index contributed by atoms with van der Waals surface area (Å²) >= 11 is 0. The van der Waals surface area contributed by atoms with Crippen molar-refractivity contribution in [2.45, 2.75) is 18.8 Å². The molecule has 102 valence electrons. The summed E-state index contributed by atoms with van der Waals surface area (Å²) in [6.07, 6.45) is 2.38. The van der Waals surface area contributed by atoms with Crippen LogP contribution in [0.25, 0.3) is 10.9 Å². The molecule has 2 amide bonds. The molecular weight excluding hydrogens is 260 g/mol. The number of benzene rings is 1. The number of para-hydroxylation sites is 1. The van der Waals surface area contributed by atoms with Gasteiger partial charge in [0.15, 0.2) is 0 Å². The van der Waals surface area contributed by atoms with Gasteiger partial charge >= 0.3 is 5.97 Å². The van der Waals surface area contributed by atoms with Crippen molar-refractivity contribution < 1.29 is 19.5 Å². The molecule has 1 aromatic heterocycles. The Bertz CT molecular complexity index is 732. The predicted molar refractivity (Wildman–Crippen MR) is 70.4 cm³/mol. The Labute approximate surface area is 113 Å². The summed E-state index contributed by atoms with van der Waals surface area (Å²) in [7, 11) is 0. The molecule has 0 spiro atoms. The zero-order valence-corrected chi connectivity index (χ0v) is 10.5. The Balaban J connectivity index is 2.09. The third-order valence-electron chi connectivity index (χ3n) is 3.59. The van der Waals surface area contributed by atoms with Crippen LogP contribution < -0.4 is 5.32 Å². The number of piperidine rings is 1. The lowest BCUT2D eigenvalue weighted by atomic mass is 9.90. The molecule has 1 saturated heterocycles. The summed E-state index contributed by atoms with van der Waals surface area (Å²) in [6.45, 7) is 0. The third kappa shape index (κ3) is 1.85. The molecule has 0 radical (unpaired) electrons. The normalized spacial score (nSPS) is 19.1. The fraction of sp³-hybridized carbons (Fsp3) is 0.214. The van der Waals surface area contributed by atoms with Gasteiger partial charge in [0.05, 0.1) is 17.0 Å². The number of amides is 2. The molecule has 1 aliphatic rings. The van der Waals surface area contributed by atoms with Crippen LogP contribution >= 0.6 is 0 Å². The van der Waals surface area contributed by atoms with Crippen LogP contribution in [0.3, 0.4) is 0 Å². The minimum atomic E-state index is -1.02. The maximum atomic E-state index is 11.9. The molecule has 6 heteroatoms. The summed E-state index contributed by atoms with van der Waals surface area (Å²) in [6, 6.07) is 4.93. The summed E-state index contributed by atoms with van der Waals surface area (Å²) in [5, 5.41) is 12.2. The smallest absolute Gasteiger partial charge is 0.337 e. The van der Waals surface area contributed by atoms with Crippen LogP contribution in [0.4, 0.5) is 0 Å². The molecule has 3 rings (SSSR count). The average molecular weight is 272 g/mol. The minimum absolute atomic E-state index is 0.168. The molecule has 3 N–H and O–H groups in total. The number of carboxylic acid groups (broad SMARTS) is 1. The molecule has 1 aliphatic heterocycles. The second kappa shape index (κ2) is 4.48. The Morgan fingerprint density at radius 1 is 1.30 bits per heavy atom. The van der Waals surface area contributed by atoms with Gasteiger partial charge in [-0.2, -0.15) is 0 Å². The van der Waals surface area contributed by atoms with E-state index >= 15 is 0 Å². The van der Waals surface area contributed by atoms with E-state index in [0.29, 0.717) is 23.7 Å². The largest absolute Gasteiger partial charge is 0.478 e. The first kappa shape index (κ1) is 12.4. The lowest BCUT2D eigenvalue weighted by Gasteiger charge is -2.20. The Morgan fingerprint density at radius 3 is 2.80 bits per heavy atom. The molecule has 1 fully saturated rings. The number of hydrogen-bond donors (Lipinski definition) is 3. The van der Waals surface area contributed by atoms with Gasteiger partial charge in [0.25, 0.3) is 0 Å². The molecular formula is C14H12N2O4. The Morgan fingerprint density at radius 2 is 2.10 bits per heavy atom. The number of aromatic nitrogens is 1. The highest BCUT2D eigenvalue weighted by molar-refractivity contribution is 6.06. The van der Waals surface area contributed by atoms with Crippen LogP contribution in [-0.4, -0.2) is 27.9 Å². The molecule has 1 aromatic carbocycles. The van der Waals surface area contributed by atoms with Crippen molar-refractivity contribution in [3.05, 3.63) is 35.5 Å². The van der Waals surface area contributed by atoms with Crippen molar-refractivity contribution >= 4 is 28.7 Å². The zero-order chi connectivity index (χ0) is 14.3. The highest BCUT2D eigenvalue weighted by Crippen LogP contribution is 2.32. The van der Waals surface area contributed by atoms with Crippen molar-refractivity contribution in [1.29, 1.82) is 0 Å². The standard InChI is InChI=1S/C14H12N2O4/c17-11-5-4-8(13(18)16-11)10-6-15-12-7(10)2-1-3-9(12)14(19)20/h1-3,6,8,15H,4-5H2,(H,19,20)(H,16,17,18). The summed E-state index contributed by atoms with van der Waals surface area (Å²) in [5.74, 6) is -2.04. The number of imide groups is 1. The number of rotatable bonds is 2. The highest BCUT2D eigenvalue weighted by Gasteiger charge is 2.30. The quantitative estimate of drug-likeness (QED) is 0.719. The van der Waals surface area contributed by atoms with Gasteiger partial charge in [0.2, 0.25) is 11.8 Å². The number of fused-ring (bicyclic) bond motifs is 1. The maximum Gasteiger partial charge on any atom is 0.337 e. The van der Waals surface area contributed by atoms with Crippen molar-refractivity contribution in [2.75, 3.05) is 0 Å². The van der Waals surface area contributed by atoms with E-state index in [9.17, 15) is 14.4 Å². The third-order valence-corrected chi connectivity index (χ3v) is 3.59. The van der Waals surface area contributed by atoms with Crippen LogP contribution in [0.5, 0.6) is 0 Å². The van der Waals surface area contributed by atoms with Gasteiger partial charge in [0, 0.05) is 18.0 Å². The maximum absolute atomic E-state index is 11.9. The van der Waals surface area contributed by atoms with E-state index in [1.807, 2.05) is 0 Å². The first-order valence-corrected chi connectivity index (χ1v) is 6.25. The molecule has 2 heterocycles. The molecule has 0 bridgehead atoms. The number of carbonyl (C=O) groups is 3. The molecule has 0 aliphatic carbocycles. The highest BCUT2D eigenvalue weighted by atomic mass is 16.4. The SMILES string of the molecule is O=C1CCC(c2c[nH]c3c(C(=O)O)cccc23)C(=O)N1. The van der Waals surface area contributed by atoms with E-state index in [1.165, 1.54) is 6.07 Å². The second-order valence-corrected chi connectivity index (χ2v) is 4.78. The monoisotopic (exact) mass is 272 g/mol. The van der Waals surface area contributed by atoms with E-state index in [2.05, 4.69) is 10.3 Å². The zero-order valence-electron chi connectivity index (χ0n) is 10.5. The fourth-order valence-corrected chi connectivity index (χ4v) is 2.63. The first-order chi connectivity index (χ1) is 9.58. The van der Waals surface area contributed by atoms with E-state index in [4.69, 9.17) is 5.11 Å². The Hall–Kier alpha value is -2.63. The van der Waals surface area contributed by atoms with E-state index in [1.54, 1.807) is 18.3 Å². The van der Waals surface area contributed by atoms with Gasteiger partial charge < -0.3 is 10.1 Å². The molecule has 1 unspecified atom stereocenters. The number of aromatic carboxylic acids is 1. The topological polar surface area (TPSA) is 99.3 Å². The summed E-state index contributed by atoms with van der Waals surface area (Å²) in [5.41, 5.74) is 1.40. The average Bonchev–Trinajstić information content (AvgIpc) is 2.82. The Kier molecular flexibility index (Phi) is 2.78. The van der Waals surface area contributed by atoms with Gasteiger partial charge in [-0.25, -0.2) is 4.79 Å². The number of nitrogens with one attached hydrogen (secondary N) is 2. The number of hydrogen-bond acceptors (Lipinski definition) is 3. The number of carbonyl (C=O) groups excluding carboxylic acids is 2. The molecule has 20 heavy (non-hydrogen) atoms. The van der Waals surface area contributed by atoms with Gasteiger partial charge in [0.1, 0.15) is 0 Å². The number of aromatic amines is 1. The lowest BCUT2D eigenvalue weighted by molar-refractivity contribution is -0.134. The molecule has 2 aromatic rings. The van der Waals surface area contributed by atoms with E-state index in [-0.39, 0.29) is 17.4 Å². The predicted octanol–water partition coefficient (Wildman–Crippen LogP) is 1.39. The molecule has 6 nitrogen and oxygen atoms in total. The van der Waals surface area contributed by atoms with Crippen LogP contribution in [0, 0.1) is 0 Å². The van der Waals surface area contributed by atoms with E-state index in [0.717, 1.165) is 5.56 Å². The van der Waals surface area contributed by atoms with Gasteiger partial charge in [-0.05, 0) is 18.1 Å².